The Hall–Kier alpha value is -0.780. The van der Waals surface area contributed by atoms with Gasteiger partial charge in [0.05, 0.1) is 43.7 Å². The van der Waals surface area contributed by atoms with Crippen LogP contribution in [0.15, 0.2) is 12.2 Å². The van der Waals surface area contributed by atoms with Crippen LogP contribution in [0.2, 0.25) is 0 Å². The van der Waals surface area contributed by atoms with E-state index in [1.807, 2.05) is 6.92 Å². The Balaban J connectivity index is 1.06. The van der Waals surface area contributed by atoms with Gasteiger partial charge in [-0.15, -0.1) is 0 Å². The van der Waals surface area contributed by atoms with Gasteiger partial charge in [-0.05, 0) is 86.4 Å². The first kappa shape index (κ1) is 41.0. The molecule has 8 N–H and O–H groups in total. The highest BCUT2D eigenvalue weighted by molar-refractivity contribution is 5.36. The summed E-state index contributed by atoms with van der Waals surface area (Å²) in [5.41, 5.74) is -2.00. The monoisotopic (exact) mass is 780 g/mol. The Morgan fingerprint density at radius 3 is 2.13 bits per heavy atom. The number of hydrogen-bond acceptors (Lipinski definition) is 13. The Labute approximate surface area is 325 Å². The lowest BCUT2D eigenvalue weighted by atomic mass is 9.32. The van der Waals surface area contributed by atoms with Gasteiger partial charge in [0.2, 0.25) is 0 Å². The molecular formula is C42H68O13. The topological polar surface area (TPSA) is 208 Å². The molecule has 55 heavy (non-hydrogen) atoms. The van der Waals surface area contributed by atoms with Gasteiger partial charge in [-0.1, -0.05) is 53.7 Å². The molecule has 0 aromatic rings. The van der Waals surface area contributed by atoms with Crippen LogP contribution in [0, 0.1) is 50.2 Å². The van der Waals surface area contributed by atoms with Crippen molar-refractivity contribution < 1.29 is 64.5 Å². The average molecular weight is 781 g/mol. The van der Waals surface area contributed by atoms with Gasteiger partial charge in [0.25, 0.3) is 0 Å². The summed E-state index contributed by atoms with van der Waals surface area (Å²) < 4.78 is 31.2. The molecule has 3 aliphatic heterocycles. The molecule has 8 rings (SSSR count). The Morgan fingerprint density at radius 1 is 0.727 bits per heavy atom. The zero-order chi connectivity index (χ0) is 39.9. The van der Waals surface area contributed by atoms with Crippen molar-refractivity contribution in [2.24, 2.45) is 50.2 Å². The third kappa shape index (κ3) is 5.44. The highest BCUT2D eigenvalue weighted by Crippen LogP contribution is 2.79. The maximum atomic E-state index is 12.1. The first-order chi connectivity index (χ1) is 25.7. The van der Waals surface area contributed by atoms with Gasteiger partial charge in [-0.25, -0.2) is 0 Å². The standard InChI is InChI=1S/C42H68O13/c1-21-28(46)30(48)31(49)34(52-21)55-33-29(47)22(18-43)53-35(32(33)50)54-27-10-11-37(4)23(38(27,5)19-44)8-12-39(6)24(37)9-13-42-25-16-36(2,3)14-15-41(25,20-51-42)26(45)17-40(39,42)7/h9,13,21-35,43-50H,8,10-12,14-20H2,1-7H3. The number of fused-ring (bicyclic) bond motifs is 4. The summed E-state index contributed by atoms with van der Waals surface area (Å²) in [4.78, 5) is 0. The van der Waals surface area contributed by atoms with Crippen molar-refractivity contribution in [3.63, 3.8) is 0 Å². The summed E-state index contributed by atoms with van der Waals surface area (Å²) >= 11 is 0. The van der Waals surface area contributed by atoms with E-state index in [9.17, 15) is 40.9 Å². The van der Waals surface area contributed by atoms with Crippen molar-refractivity contribution in [1.29, 1.82) is 0 Å². The van der Waals surface area contributed by atoms with Crippen LogP contribution in [0.25, 0.3) is 0 Å². The fourth-order valence-corrected chi connectivity index (χ4v) is 14.3. The van der Waals surface area contributed by atoms with Crippen LogP contribution in [0.4, 0.5) is 0 Å². The van der Waals surface area contributed by atoms with E-state index in [1.165, 1.54) is 6.92 Å². The van der Waals surface area contributed by atoms with Gasteiger partial charge in [0.15, 0.2) is 12.6 Å². The fourth-order valence-electron chi connectivity index (χ4n) is 14.3. The molecule has 314 valence electrons. The lowest BCUT2D eigenvalue weighted by molar-refractivity contribution is -0.368. The predicted molar refractivity (Wildman–Crippen MR) is 197 cm³/mol. The second-order valence-electron chi connectivity index (χ2n) is 21.0. The van der Waals surface area contributed by atoms with E-state index >= 15 is 0 Å². The van der Waals surface area contributed by atoms with E-state index in [0.717, 1.165) is 38.5 Å². The summed E-state index contributed by atoms with van der Waals surface area (Å²) in [5.74, 6) is 0.401. The highest BCUT2D eigenvalue weighted by Gasteiger charge is 2.79. The number of ether oxygens (including phenoxy) is 5. The first-order valence-corrected chi connectivity index (χ1v) is 20.9. The van der Waals surface area contributed by atoms with E-state index in [4.69, 9.17) is 23.7 Å². The minimum Gasteiger partial charge on any atom is -0.396 e. The molecule has 7 fully saturated rings. The summed E-state index contributed by atoms with van der Waals surface area (Å²) in [6, 6.07) is 0. The lowest BCUT2D eigenvalue weighted by Gasteiger charge is -2.73. The molecule has 0 amide bonds. The quantitative estimate of drug-likeness (QED) is 0.143. The van der Waals surface area contributed by atoms with Crippen molar-refractivity contribution in [3.8, 4) is 0 Å². The molecular weight excluding hydrogens is 712 g/mol. The maximum absolute atomic E-state index is 12.1. The number of hydrogen-bond donors (Lipinski definition) is 8. The van der Waals surface area contributed by atoms with Gasteiger partial charge in [-0.2, -0.15) is 0 Å². The van der Waals surface area contributed by atoms with Crippen LogP contribution in [-0.2, 0) is 23.7 Å². The van der Waals surface area contributed by atoms with Crippen LogP contribution in [0.3, 0.4) is 0 Å². The molecule has 4 saturated carbocycles. The van der Waals surface area contributed by atoms with Gasteiger partial charge in [0, 0.05) is 22.2 Å². The minimum atomic E-state index is -1.67. The molecule has 0 aromatic heterocycles. The van der Waals surface area contributed by atoms with Crippen LogP contribution in [-0.4, -0.2) is 140 Å². The van der Waals surface area contributed by atoms with Crippen LogP contribution in [0.5, 0.6) is 0 Å². The van der Waals surface area contributed by atoms with E-state index in [1.54, 1.807) is 0 Å². The van der Waals surface area contributed by atoms with Gasteiger partial charge in [-0.3, -0.25) is 0 Å². The predicted octanol–water partition coefficient (Wildman–Crippen LogP) is 1.78. The summed E-state index contributed by atoms with van der Waals surface area (Å²) in [5, 5.41) is 87.5. The summed E-state index contributed by atoms with van der Waals surface area (Å²) in [6.07, 6.45) is -3.55. The molecule has 13 nitrogen and oxygen atoms in total. The smallest absolute Gasteiger partial charge is 0.187 e. The molecule has 2 bridgehead atoms. The molecule has 21 unspecified atom stereocenters. The third-order valence-electron chi connectivity index (χ3n) is 17.9. The molecule has 3 saturated heterocycles. The zero-order valence-electron chi connectivity index (χ0n) is 33.7. The molecule has 5 aliphatic carbocycles. The molecule has 0 radical (unpaired) electrons. The molecule has 3 heterocycles. The van der Waals surface area contributed by atoms with E-state index in [-0.39, 0.29) is 51.4 Å². The van der Waals surface area contributed by atoms with E-state index in [0.29, 0.717) is 19.4 Å². The van der Waals surface area contributed by atoms with Gasteiger partial charge in [0.1, 0.15) is 42.7 Å². The van der Waals surface area contributed by atoms with Crippen LogP contribution < -0.4 is 0 Å². The van der Waals surface area contributed by atoms with Gasteiger partial charge >= 0.3 is 0 Å². The van der Waals surface area contributed by atoms with Gasteiger partial charge < -0.3 is 64.5 Å². The van der Waals surface area contributed by atoms with Crippen molar-refractivity contribution in [2.75, 3.05) is 19.8 Å². The second kappa shape index (κ2) is 13.4. The van der Waals surface area contributed by atoms with Crippen molar-refractivity contribution in [3.05, 3.63) is 12.2 Å². The van der Waals surface area contributed by atoms with Crippen molar-refractivity contribution in [2.45, 2.75) is 179 Å². The van der Waals surface area contributed by atoms with Crippen molar-refractivity contribution in [1.82, 2.24) is 0 Å². The van der Waals surface area contributed by atoms with Crippen molar-refractivity contribution >= 4 is 0 Å². The molecule has 13 heteroatoms. The third-order valence-corrected chi connectivity index (χ3v) is 17.9. The minimum absolute atomic E-state index is 0.0158. The van der Waals surface area contributed by atoms with E-state index < -0.39 is 91.2 Å². The SMILES string of the molecule is CC1OC(OC2C(O)C(CO)OC(OC3CCC4(C)C(CCC5(C)C4C=CC46OCC7(CCC(C)(C)CC74)C(O)CC56C)C3(C)CO)C2O)C(O)C(O)C1O. The number of rotatable bonds is 6. The summed E-state index contributed by atoms with van der Waals surface area (Å²) in [6.45, 7) is 15.2. The Morgan fingerprint density at radius 2 is 1.44 bits per heavy atom. The maximum Gasteiger partial charge on any atom is 0.187 e. The largest absolute Gasteiger partial charge is 0.396 e. The second-order valence-corrected chi connectivity index (χ2v) is 21.0. The van der Waals surface area contributed by atoms with Crippen LogP contribution >= 0.6 is 0 Å². The molecule has 21 atom stereocenters. The fraction of sp³-hybridized carbons (Fsp3) is 0.952. The zero-order valence-corrected chi connectivity index (χ0v) is 33.7. The molecule has 8 aliphatic rings. The average Bonchev–Trinajstić information content (AvgIpc) is 3.41. The Bertz CT molecular complexity index is 1490. The Kier molecular flexibility index (Phi) is 9.95. The normalized spacial score (nSPS) is 59.7. The molecule has 1 spiro atoms. The first-order valence-electron chi connectivity index (χ1n) is 20.9. The molecule has 0 aromatic carbocycles. The van der Waals surface area contributed by atoms with Crippen LogP contribution in [0.1, 0.15) is 99.8 Å². The number of aliphatic hydroxyl groups excluding tert-OH is 8. The lowest BCUT2D eigenvalue weighted by Crippen LogP contribution is -2.72. The number of allylic oxidation sites excluding steroid dienone is 1. The summed E-state index contributed by atoms with van der Waals surface area (Å²) in [7, 11) is 0. The number of aliphatic hydroxyl groups is 8. The highest BCUT2D eigenvalue weighted by atomic mass is 16.7. The van der Waals surface area contributed by atoms with E-state index in [2.05, 4.69) is 46.8 Å².